The van der Waals surface area contributed by atoms with Crippen LogP contribution in [-0.4, -0.2) is 18.3 Å². The molecule has 0 radical (unpaired) electrons. The van der Waals surface area contributed by atoms with Crippen LogP contribution in [0.3, 0.4) is 0 Å². The van der Waals surface area contributed by atoms with E-state index in [0.29, 0.717) is 18.4 Å². The SMILES string of the molecule is Cc1cc(C(C)C)c(NCCCOc2ccccc2-c2cccc(-c3ccccc3)c2O)c(C(C)C)c1. The van der Waals surface area contributed by atoms with Crippen LogP contribution < -0.4 is 10.1 Å². The maximum Gasteiger partial charge on any atom is 0.131 e. The summed E-state index contributed by atoms with van der Waals surface area (Å²) in [7, 11) is 0. The lowest BCUT2D eigenvalue weighted by Gasteiger charge is -2.22. The molecule has 3 nitrogen and oxygen atoms in total. The molecule has 0 amide bonds. The topological polar surface area (TPSA) is 41.5 Å². The molecule has 0 bridgehead atoms. The number of hydrogen-bond acceptors (Lipinski definition) is 3. The van der Waals surface area contributed by atoms with Crippen LogP contribution in [0.2, 0.25) is 0 Å². The number of phenols is 1. The molecular weight excluding hydrogens is 454 g/mol. The van der Waals surface area contributed by atoms with Crippen LogP contribution in [0.25, 0.3) is 22.3 Å². The van der Waals surface area contributed by atoms with Crippen molar-refractivity contribution in [2.45, 2.75) is 52.9 Å². The van der Waals surface area contributed by atoms with Crippen molar-refractivity contribution in [3.8, 4) is 33.8 Å². The van der Waals surface area contributed by atoms with E-state index in [-0.39, 0.29) is 5.75 Å². The lowest BCUT2D eigenvalue weighted by molar-refractivity contribution is 0.316. The zero-order valence-corrected chi connectivity index (χ0v) is 22.7. The van der Waals surface area contributed by atoms with Crippen molar-refractivity contribution in [3.63, 3.8) is 0 Å². The van der Waals surface area contributed by atoms with Crippen molar-refractivity contribution in [2.75, 3.05) is 18.5 Å². The number of rotatable bonds is 10. The Bertz CT molecular complexity index is 1300. The third-order valence-electron chi connectivity index (χ3n) is 6.77. The molecule has 37 heavy (non-hydrogen) atoms. The lowest BCUT2D eigenvalue weighted by atomic mass is 9.90. The van der Waals surface area contributed by atoms with Gasteiger partial charge in [0.15, 0.2) is 0 Å². The third kappa shape index (κ3) is 6.17. The first-order valence-corrected chi connectivity index (χ1v) is 13.3. The van der Waals surface area contributed by atoms with Crippen molar-refractivity contribution in [1.82, 2.24) is 0 Å². The highest BCUT2D eigenvalue weighted by molar-refractivity contribution is 5.84. The molecule has 3 heteroatoms. The van der Waals surface area contributed by atoms with E-state index in [2.05, 4.69) is 52.1 Å². The Kier molecular flexibility index (Phi) is 8.55. The Labute approximate surface area is 222 Å². The van der Waals surface area contributed by atoms with Gasteiger partial charge in [-0.1, -0.05) is 112 Å². The molecule has 0 saturated carbocycles. The smallest absolute Gasteiger partial charge is 0.131 e. The molecule has 4 rings (SSSR count). The van der Waals surface area contributed by atoms with Crippen LogP contribution in [0.5, 0.6) is 11.5 Å². The molecule has 0 heterocycles. The number of ether oxygens (including phenoxy) is 1. The summed E-state index contributed by atoms with van der Waals surface area (Å²) in [5.74, 6) is 1.97. The molecule has 0 saturated heterocycles. The van der Waals surface area contributed by atoms with Crippen LogP contribution in [0.15, 0.2) is 84.9 Å². The standard InChI is InChI=1S/C34H39NO2/c1-23(2)30-21-25(5)22-31(24(3)4)33(30)35-19-12-20-37-32-18-10-9-15-28(32)29-17-11-16-27(34(29)36)26-13-7-6-8-14-26/h6-11,13-18,21-24,35-36H,12,19-20H2,1-5H3. The predicted molar refractivity (Wildman–Crippen MR) is 157 cm³/mol. The number of hydrogen-bond donors (Lipinski definition) is 2. The van der Waals surface area contributed by atoms with Crippen molar-refractivity contribution < 1.29 is 9.84 Å². The number of anilines is 1. The Morgan fingerprint density at radius 3 is 2.00 bits per heavy atom. The number of phenolic OH excluding ortho intramolecular Hbond substituents is 1. The van der Waals surface area contributed by atoms with Gasteiger partial charge in [-0.05, 0) is 47.9 Å². The van der Waals surface area contributed by atoms with Gasteiger partial charge in [0.25, 0.3) is 0 Å². The van der Waals surface area contributed by atoms with E-state index in [1.807, 2.05) is 72.8 Å². The third-order valence-corrected chi connectivity index (χ3v) is 6.77. The quantitative estimate of drug-likeness (QED) is 0.216. The molecule has 2 N–H and O–H groups in total. The molecule has 0 aromatic heterocycles. The second kappa shape index (κ2) is 12.0. The summed E-state index contributed by atoms with van der Waals surface area (Å²) in [6.45, 7) is 12.6. The lowest BCUT2D eigenvalue weighted by Crippen LogP contribution is -2.12. The van der Waals surface area contributed by atoms with Gasteiger partial charge >= 0.3 is 0 Å². The largest absolute Gasteiger partial charge is 0.507 e. The van der Waals surface area contributed by atoms with E-state index in [0.717, 1.165) is 41.0 Å². The number of nitrogens with one attached hydrogen (secondary N) is 1. The van der Waals surface area contributed by atoms with Crippen LogP contribution in [0.4, 0.5) is 5.69 Å². The van der Waals surface area contributed by atoms with E-state index in [1.54, 1.807) is 0 Å². The zero-order valence-electron chi connectivity index (χ0n) is 22.7. The molecule has 4 aromatic carbocycles. The minimum Gasteiger partial charge on any atom is -0.507 e. The van der Waals surface area contributed by atoms with Crippen molar-refractivity contribution in [1.29, 1.82) is 0 Å². The van der Waals surface area contributed by atoms with Crippen LogP contribution in [-0.2, 0) is 0 Å². The number of para-hydroxylation sites is 2. The van der Waals surface area contributed by atoms with Gasteiger partial charge in [0.05, 0.1) is 6.61 Å². The maximum atomic E-state index is 11.2. The summed E-state index contributed by atoms with van der Waals surface area (Å²) in [6.07, 6.45) is 0.868. The first kappa shape index (κ1) is 26.3. The molecule has 192 valence electrons. The first-order valence-electron chi connectivity index (χ1n) is 13.3. The highest BCUT2D eigenvalue weighted by Gasteiger charge is 2.16. The van der Waals surface area contributed by atoms with Gasteiger partial charge in [0.1, 0.15) is 11.5 Å². The minimum absolute atomic E-state index is 0.271. The maximum absolute atomic E-state index is 11.2. The zero-order chi connectivity index (χ0) is 26.4. The molecule has 0 aliphatic heterocycles. The summed E-state index contributed by atoms with van der Waals surface area (Å²) in [6, 6.07) is 28.4. The van der Waals surface area contributed by atoms with Gasteiger partial charge in [-0.3, -0.25) is 0 Å². The van der Waals surface area contributed by atoms with Gasteiger partial charge in [-0.15, -0.1) is 0 Å². The molecule has 0 aliphatic rings. The minimum atomic E-state index is 0.271. The number of benzene rings is 4. The molecule has 0 unspecified atom stereocenters. The monoisotopic (exact) mass is 493 g/mol. The van der Waals surface area contributed by atoms with Crippen molar-refractivity contribution >= 4 is 5.69 Å². The van der Waals surface area contributed by atoms with E-state index < -0.39 is 0 Å². The Balaban J connectivity index is 1.47. The fourth-order valence-electron chi connectivity index (χ4n) is 4.85. The first-order chi connectivity index (χ1) is 17.9. The second-order valence-corrected chi connectivity index (χ2v) is 10.3. The molecule has 0 atom stereocenters. The highest BCUT2D eigenvalue weighted by Crippen LogP contribution is 2.41. The average Bonchev–Trinajstić information content (AvgIpc) is 2.89. The normalized spacial score (nSPS) is 11.2. The van der Waals surface area contributed by atoms with Gasteiger partial charge in [0, 0.05) is 28.9 Å². The van der Waals surface area contributed by atoms with Crippen LogP contribution in [0.1, 0.15) is 62.6 Å². The van der Waals surface area contributed by atoms with Gasteiger partial charge in [-0.25, -0.2) is 0 Å². The van der Waals surface area contributed by atoms with Gasteiger partial charge in [-0.2, -0.15) is 0 Å². The summed E-state index contributed by atoms with van der Waals surface area (Å²) in [5, 5.41) is 14.9. The van der Waals surface area contributed by atoms with Crippen molar-refractivity contribution in [3.05, 3.63) is 102 Å². The summed E-state index contributed by atoms with van der Waals surface area (Å²) >= 11 is 0. The van der Waals surface area contributed by atoms with Crippen molar-refractivity contribution in [2.24, 2.45) is 0 Å². The molecular formula is C34H39NO2. The fourth-order valence-corrected chi connectivity index (χ4v) is 4.85. The number of aromatic hydroxyl groups is 1. The molecule has 0 spiro atoms. The van der Waals surface area contributed by atoms with Crippen LogP contribution in [0, 0.1) is 6.92 Å². The van der Waals surface area contributed by atoms with Gasteiger partial charge < -0.3 is 15.2 Å². The van der Waals surface area contributed by atoms with E-state index >= 15 is 0 Å². The predicted octanol–water partition coefficient (Wildman–Crippen LogP) is 9.16. The average molecular weight is 494 g/mol. The van der Waals surface area contributed by atoms with Gasteiger partial charge in [0.2, 0.25) is 0 Å². The molecule has 0 aliphatic carbocycles. The summed E-state index contributed by atoms with van der Waals surface area (Å²) in [4.78, 5) is 0. The van der Waals surface area contributed by atoms with E-state index in [1.165, 1.54) is 22.4 Å². The summed E-state index contributed by atoms with van der Waals surface area (Å²) < 4.78 is 6.25. The second-order valence-electron chi connectivity index (χ2n) is 10.3. The van der Waals surface area contributed by atoms with E-state index in [9.17, 15) is 5.11 Å². The Morgan fingerprint density at radius 1 is 0.730 bits per heavy atom. The molecule has 4 aromatic rings. The van der Waals surface area contributed by atoms with Crippen LogP contribution >= 0.6 is 0 Å². The highest BCUT2D eigenvalue weighted by atomic mass is 16.5. The summed E-state index contributed by atoms with van der Waals surface area (Å²) in [5.41, 5.74) is 8.83. The molecule has 0 fully saturated rings. The Morgan fingerprint density at radius 2 is 1.32 bits per heavy atom. The number of aryl methyl sites for hydroxylation is 1. The fraction of sp³-hybridized carbons (Fsp3) is 0.294. The van der Waals surface area contributed by atoms with E-state index in [4.69, 9.17) is 4.74 Å². The Hall–Kier alpha value is -3.72.